The molecule has 4 nitrogen and oxygen atoms in total. The van der Waals surface area contributed by atoms with E-state index in [1.54, 1.807) is 18.2 Å². The number of hydrogen-bond acceptors (Lipinski definition) is 4. The number of nitrogens with one attached hydrogen (secondary N) is 2. The van der Waals surface area contributed by atoms with E-state index in [1.807, 2.05) is 60.7 Å². The molecule has 0 radical (unpaired) electrons. The molecular weight excluding hydrogens is 427 g/mol. The molecular formula is C26H20ClFN2O2. The third-order valence-corrected chi connectivity index (χ3v) is 5.22. The Morgan fingerprint density at radius 1 is 0.812 bits per heavy atom. The zero-order valence-electron chi connectivity index (χ0n) is 17.2. The van der Waals surface area contributed by atoms with E-state index in [4.69, 9.17) is 16.3 Å². The van der Waals surface area contributed by atoms with Gasteiger partial charge in [-0.25, -0.2) is 9.18 Å². The van der Waals surface area contributed by atoms with Crippen molar-refractivity contribution in [2.45, 2.75) is 0 Å². The van der Waals surface area contributed by atoms with Crippen LogP contribution in [-0.2, 0) is 4.74 Å². The molecule has 0 heterocycles. The summed E-state index contributed by atoms with van der Waals surface area (Å²) in [5, 5.41) is 6.96. The van der Waals surface area contributed by atoms with Crippen molar-refractivity contribution in [1.29, 1.82) is 0 Å². The first-order valence-electron chi connectivity index (χ1n) is 9.90. The summed E-state index contributed by atoms with van der Waals surface area (Å²) >= 11 is 6.15. The van der Waals surface area contributed by atoms with Gasteiger partial charge < -0.3 is 15.4 Å². The van der Waals surface area contributed by atoms with Crippen molar-refractivity contribution in [2.24, 2.45) is 0 Å². The normalized spacial score (nSPS) is 10.5. The van der Waals surface area contributed by atoms with Gasteiger partial charge in [-0.05, 0) is 72.3 Å². The summed E-state index contributed by atoms with van der Waals surface area (Å²) in [6, 6.07) is 27.0. The minimum absolute atomic E-state index is 0.358. The van der Waals surface area contributed by atoms with Gasteiger partial charge in [-0.2, -0.15) is 0 Å². The molecule has 0 unspecified atom stereocenters. The number of carbonyl (C=O) groups is 1. The Morgan fingerprint density at radius 3 is 2.03 bits per heavy atom. The van der Waals surface area contributed by atoms with E-state index in [0.29, 0.717) is 16.3 Å². The summed E-state index contributed by atoms with van der Waals surface area (Å²) in [7, 11) is 1.36. The molecule has 160 valence electrons. The molecule has 0 amide bonds. The maximum atomic E-state index is 13.3. The maximum Gasteiger partial charge on any atom is 0.339 e. The molecule has 0 aliphatic heterocycles. The lowest BCUT2D eigenvalue weighted by Crippen LogP contribution is -2.05. The Balaban J connectivity index is 1.45. The van der Waals surface area contributed by atoms with Crippen LogP contribution in [0.4, 0.5) is 27.1 Å². The highest BCUT2D eigenvalue weighted by Gasteiger charge is 2.11. The number of esters is 1. The summed E-state index contributed by atoms with van der Waals surface area (Å²) in [6.07, 6.45) is 0. The van der Waals surface area contributed by atoms with Crippen LogP contribution in [0.1, 0.15) is 10.4 Å². The van der Waals surface area contributed by atoms with Gasteiger partial charge in [0.25, 0.3) is 0 Å². The van der Waals surface area contributed by atoms with E-state index in [9.17, 15) is 9.18 Å². The van der Waals surface area contributed by atoms with Crippen LogP contribution in [0.5, 0.6) is 0 Å². The molecule has 32 heavy (non-hydrogen) atoms. The van der Waals surface area contributed by atoms with Gasteiger partial charge in [-0.1, -0.05) is 35.9 Å². The topological polar surface area (TPSA) is 50.4 Å². The van der Waals surface area contributed by atoms with Gasteiger partial charge >= 0.3 is 5.97 Å². The van der Waals surface area contributed by atoms with Gasteiger partial charge in [-0.3, -0.25) is 0 Å². The Kier molecular flexibility index (Phi) is 6.38. The lowest BCUT2D eigenvalue weighted by Gasteiger charge is -2.12. The molecule has 0 saturated carbocycles. The summed E-state index contributed by atoms with van der Waals surface area (Å²) in [6.45, 7) is 0. The average Bonchev–Trinajstić information content (AvgIpc) is 2.81. The SMILES string of the molecule is COC(=O)c1ccccc1Nc1ccc(Nc2ccc(-c3ccc(F)cc3Cl)cc2)cc1. The second-order valence-electron chi connectivity index (χ2n) is 7.07. The predicted molar refractivity (Wildman–Crippen MR) is 128 cm³/mol. The Labute approximate surface area is 190 Å². The van der Waals surface area contributed by atoms with Gasteiger partial charge in [0.2, 0.25) is 0 Å². The third-order valence-electron chi connectivity index (χ3n) is 4.91. The molecule has 2 N–H and O–H groups in total. The van der Waals surface area contributed by atoms with Crippen LogP contribution >= 0.6 is 11.6 Å². The molecule has 4 aromatic rings. The van der Waals surface area contributed by atoms with Crippen LogP contribution in [0.15, 0.2) is 91.0 Å². The van der Waals surface area contributed by atoms with Gasteiger partial charge in [0.05, 0.1) is 23.4 Å². The predicted octanol–water partition coefficient (Wildman–Crippen LogP) is 7.42. The number of halogens is 2. The number of carbonyl (C=O) groups excluding carboxylic acids is 1. The van der Waals surface area contributed by atoms with Crippen LogP contribution in [0.25, 0.3) is 11.1 Å². The number of hydrogen-bond donors (Lipinski definition) is 2. The van der Waals surface area contributed by atoms with Crippen LogP contribution in [0.3, 0.4) is 0 Å². The monoisotopic (exact) mass is 446 g/mol. The van der Waals surface area contributed by atoms with Crippen molar-refractivity contribution in [3.8, 4) is 11.1 Å². The molecule has 0 aromatic heterocycles. The molecule has 0 spiro atoms. The fraction of sp³-hybridized carbons (Fsp3) is 0.0385. The molecule has 0 bridgehead atoms. The number of ether oxygens (including phenoxy) is 1. The van der Waals surface area contributed by atoms with Crippen molar-refractivity contribution in [3.05, 3.63) is 107 Å². The van der Waals surface area contributed by atoms with Crippen molar-refractivity contribution in [3.63, 3.8) is 0 Å². The number of rotatable bonds is 6. The van der Waals surface area contributed by atoms with Crippen molar-refractivity contribution >= 4 is 40.3 Å². The zero-order valence-corrected chi connectivity index (χ0v) is 18.0. The molecule has 4 rings (SSSR count). The quantitative estimate of drug-likeness (QED) is 0.302. The Morgan fingerprint density at radius 2 is 1.41 bits per heavy atom. The highest BCUT2D eigenvalue weighted by molar-refractivity contribution is 6.33. The average molecular weight is 447 g/mol. The molecule has 6 heteroatoms. The zero-order chi connectivity index (χ0) is 22.5. The van der Waals surface area contributed by atoms with Crippen molar-refractivity contribution in [2.75, 3.05) is 17.7 Å². The standard InChI is InChI=1S/C26H20ClFN2O2/c1-32-26(31)23-4-2-3-5-25(23)30-21-13-11-20(12-14-21)29-19-9-6-17(7-10-19)22-15-8-18(28)16-24(22)27/h2-16,29-30H,1H3. The minimum Gasteiger partial charge on any atom is -0.465 e. The molecule has 0 atom stereocenters. The van der Waals surface area contributed by atoms with E-state index in [2.05, 4.69) is 10.6 Å². The molecule has 0 aliphatic carbocycles. The Hall–Kier alpha value is -3.83. The van der Waals surface area contributed by atoms with Crippen molar-refractivity contribution in [1.82, 2.24) is 0 Å². The van der Waals surface area contributed by atoms with E-state index < -0.39 is 5.97 Å². The van der Waals surface area contributed by atoms with E-state index in [-0.39, 0.29) is 5.82 Å². The van der Waals surface area contributed by atoms with Gasteiger partial charge in [0, 0.05) is 22.6 Å². The van der Waals surface area contributed by atoms with E-state index in [1.165, 1.54) is 19.2 Å². The van der Waals surface area contributed by atoms with Crippen LogP contribution < -0.4 is 10.6 Å². The smallest absolute Gasteiger partial charge is 0.339 e. The Bertz CT molecular complexity index is 1240. The largest absolute Gasteiger partial charge is 0.465 e. The summed E-state index contributed by atoms with van der Waals surface area (Å²) in [4.78, 5) is 11.9. The first-order chi connectivity index (χ1) is 15.5. The number of methoxy groups -OCH3 is 1. The fourth-order valence-electron chi connectivity index (χ4n) is 3.30. The molecule has 0 fully saturated rings. The summed E-state index contributed by atoms with van der Waals surface area (Å²) < 4.78 is 18.1. The maximum absolute atomic E-state index is 13.3. The third kappa shape index (κ3) is 4.90. The first kappa shape index (κ1) is 21.4. The molecule has 4 aromatic carbocycles. The highest BCUT2D eigenvalue weighted by atomic mass is 35.5. The van der Waals surface area contributed by atoms with Crippen LogP contribution in [0.2, 0.25) is 5.02 Å². The second kappa shape index (κ2) is 9.54. The number of para-hydroxylation sites is 1. The lowest BCUT2D eigenvalue weighted by molar-refractivity contribution is 0.0602. The number of benzene rings is 4. The fourth-order valence-corrected chi connectivity index (χ4v) is 3.57. The molecule has 0 saturated heterocycles. The summed E-state index contributed by atoms with van der Waals surface area (Å²) in [5.41, 5.74) is 5.49. The van der Waals surface area contributed by atoms with Crippen LogP contribution in [0, 0.1) is 5.82 Å². The van der Waals surface area contributed by atoms with Gasteiger partial charge in [0.15, 0.2) is 0 Å². The summed E-state index contributed by atoms with van der Waals surface area (Å²) in [5.74, 6) is -0.750. The first-order valence-corrected chi connectivity index (χ1v) is 10.3. The van der Waals surface area contributed by atoms with Crippen LogP contribution in [-0.4, -0.2) is 13.1 Å². The van der Waals surface area contributed by atoms with E-state index >= 15 is 0 Å². The second-order valence-corrected chi connectivity index (χ2v) is 7.47. The minimum atomic E-state index is -0.392. The van der Waals surface area contributed by atoms with Gasteiger partial charge in [0.1, 0.15) is 5.82 Å². The highest BCUT2D eigenvalue weighted by Crippen LogP contribution is 2.30. The molecule has 0 aliphatic rings. The van der Waals surface area contributed by atoms with Gasteiger partial charge in [-0.15, -0.1) is 0 Å². The van der Waals surface area contributed by atoms with Crippen molar-refractivity contribution < 1.29 is 13.9 Å². The number of anilines is 4. The lowest BCUT2D eigenvalue weighted by atomic mass is 10.1. The van der Waals surface area contributed by atoms with E-state index in [0.717, 1.165) is 28.2 Å².